The molecular formula is C22H23N5O3S2. The molecule has 0 fully saturated rings. The summed E-state index contributed by atoms with van der Waals surface area (Å²) < 4.78 is 25.4. The number of aryl methyl sites for hydroxylation is 1. The summed E-state index contributed by atoms with van der Waals surface area (Å²) in [6, 6.07) is 14.0. The number of aromatic nitrogens is 3. The van der Waals surface area contributed by atoms with E-state index in [4.69, 9.17) is 5.14 Å². The maximum absolute atomic E-state index is 12.9. The summed E-state index contributed by atoms with van der Waals surface area (Å²) in [4.78, 5) is 21.9. The zero-order chi connectivity index (χ0) is 22.9. The lowest BCUT2D eigenvalue weighted by Gasteiger charge is -2.14. The van der Waals surface area contributed by atoms with Gasteiger partial charge in [-0.15, -0.1) is 0 Å². The van der Waals surface area contributed by atoms with Crippen molar-refractivity contribution in [2.24, 2.45) is 5.14 Å². The van der Waals surface area contributed by atoms with Crippen LogP contribution in [0.25, 0.3) is 21.9 Å². The first-order chi connectivity index (χ1) is 15.3. The number of nitrogens with zero attached hydrogens (tertiary/aromatic N) is 3. The molecule has 32 heavy (non-hydrogen) atoms. The Morgan fingerprint density at radius 3 is 2.75 bits per heavy atom. The van der Waals surface area contributed by atoms with Gasteiger partial charge < -0.3 is 9.88 Å². The van der Waals surface area contributed by atoms with Gasteiger partial charge in [-0.1, -0.05) is 24.8 Å². The summed E-state index contributed by atoms with van der Waals surface area (Å²) in [5.41, 5.74) is 2.84. The Bertz CT molecular complexity index is 1410. The van der Waals surface area contributed by atoms with Gasteiger partial charge in [0.1, 0.15) is 0 Å². The molecule has 8 nitrogen and oxygen atoms in total. The van der Waals surface area contributed by atoms with Gasteiger partial charge in [0, 0.05) is 18.1 Å². The number of hydrogen-bond acceptors (Lipinski definition) is 6. The molecule has 1 amide bonds. The Morgan fingerprint density at radius 1 is 1.19 bits per heavy atom. The molecule has 0 spiro atoms. The Balaban J connectivity index is 1.61. The Hall–Kier alpha value is -2.95. The lowest BCUT2D eigenvalue weighted by molar-refractivity contribution is -0.115. The van der Waals surface area contributed by atoms with Gasteiger partial charge in [0.05, 0.1) is 32.4 Å². The van der Waals surface area contributed by atoms with Gasteiger partial charge in [0.2, 0.25) is 15.9 Å². The third kappa shape index (κ3) is 4.47. The maximum Gasteiger partial charge on any atom is 0.238 e. The Labute approximate surface area is 190 Å². The van der Waals surface area contributed by atoms with E-state index in [1.165, 1.54) is 23.9 Å². The molecule has 10 heteroatoms. The minimum Gasteiger partial charge on any atom is -0.324 e. The highest BCUT2D eigenvalue weighted by Crippen LogP contribution is 2.30. The van der Waals surface area contributed by atoms with Crippen LogP contribution in [0, 0.1) is 0 Å². The molecule has 1 atom stereocenters. The average Bonchev–Trinajstić information content (AvgIpc) is 3.10. The summed E-state index contributed by atoms with van der Waals surface area (Å²) in [5.74, 6) is -0.160. The van der Waals surface area contributed by atoms with Gasteiger partial charge in [0.25, 0.3) is 0 Å². The van der Waals surface area contributed by atoms with Crippen molar-refractivity contribution >= 4 is 55.3 Å². The van der Waals surface area contributed by atoms with E-state index in [2.05, 4.69) is 15.3 Å². The molecule has 4 rings (SSSR count). The number of fused-ring (bicyclic) bond motifs is 2. The second kappa shape index (κ2) is 8.89. The molecular weight excluding hydrogens is 446 g/mol. The monoisotopic (exact) mass is 469 g/mol. The number of hydrogen-bond donors (Lipinski definition) is 2. The fourth-order valence-electron chi connectivity index (χ4n) is 3.45. The van der Waals surface area contributed by atoms with Crippen LogP contribution in [0.2, 0.25) is 0 Å². The van der Waals surface area contributed by atoms with E-state index < -0.39 is 15.3 Å². The summed E-state index contributed by atoms with van der Waals surface area (Å²) in [5, 5.41) is 9.33. The second-order valence-corrected chi connectivity index (χ2v) is 10.2. The van der Waals surface area contributed by atoms with Crippen LogP contribution in [0.4, 0.5) is 5.69 Å². The minimum atomic E-state index is -3.82. The second-order valence-electron chi connectivity index (χ2n) is 7.37. The predicted molar refractivity (Wildman–Crippen MR) is 127 cm³/mol. The van der Waals surface area contributed by atoms with Crippen molar-refractivity contribution in [2.45, 2.75) is 42.1 Å². The number of rotatable bonds is 7. The molecule has 0 bridgehead atoms. The number of carbonyl (C=O) groups excluding carboxylic acids is 1. The van der Waals surface area contributed by atoms with E-state index in [1.807, 2.05) is 48.7 Å². The van der Waals surface area contributed by atoms with Crippen LogP contribution in [0.5, 0.6) is 0 Å². The number of thioether (sulfide) groups is 1. The largest absolute Gasteiger partial charge is 0.324 e. The van der Waals surface area contributed by atoms with Crippen molar-refractivity contribution in [3.8, 4) is 0 Å². The predicted octanol–water partition coefficient (Wildman–Crippen LogP) is 3.76. The molecule has 4 aromatic rings. The van der Waals surface area contributed by atoms with Crippen molar-refractivity contribution in [1.29, 1.82) is 0 Å². The Morgan fingerprint density at radius 2 is 2.00 bits per heavy atom. The van der Waals surface area contributed by atoms with Crippen LogP contribution in [-0.4, -0.2) is 34.1 Å². The molecule has 0 aliphatic rings. The van der Waals surface area contributed by atoms with E-state index >= 15 is 0 Å². The molecule has 1 unspecified atom stereocenters. The van der Waals surface area contributed by atoms with Crippen molar-refractivity contribution in [1.82, 2.24) is 14.5 Å². The van der Waals surface area contributed by atoms with Gasteiger partial charge >= 0.3 is 0 Å². The number of primary sulfonamides is 1. The minimum absolute atomic E-state index is 0.0121. The molecule has 166 valence electrons. The first-order valence-corrected chi connectivity index (χ1v) is 12.5. The number of pyridine rings is 1. The molecule has 0 saturated heterocycles. The lowest BCUT2D eigenvalue weighted by Crippen LogP contribution is -2.23. The fraction of sp³-hybridized carbons (Fsp3) is 0.227. The number of nitrogens with two attached hydrogens (primary N) is 1. The maximum atomic E-state index is 12.9. The van der Waals surface area contributed by atoms with Crippen LogP contribution in [-0.2, 0) is 21.4 Å². The summed E-state index contributed by atoms with van der Waals surface area (Å²) in [6.07, 6.45) is 2.57. The average molecular weight is 470 g/mol. The van der Waals surface area contributed by atoms with E-state index in [0.29, 0.717) is 22.9 Å². The first kappa shape index (κ1) is 22.3. The number of sulfonamides is 1. The standard InChI is InChI=1S/C22H23N5O3S2/c1-3-12-27-20-10-9-15(32(23,29)30)13-19(20)26-22(27)31-14(2)21(28)25-18-8-4-7-17-16(18)6-5-11-24-17/h4-11,13-14H,3,12H2,1-2H3,(H,25,28)(H2,23,29,30). The summed E-state index contributed by atoms with van der Waals surface area (Å²) >= 11 is 1.33. The van der Waals surface area contributed by atoms with E-state index in [-0.39, 0.29) is 10.8 Å². The third-order valence-corrected chi connectivity index (χ3v) is 7.02. The van der Waals surface area contributed by atoms with Crippen molar-refractivity contribution in [3.05, 3.63) is 54.7 Å². The number of imidazole rings is 1. The van der Waals surface area contributed by atoms with Gasteiger partial charge in [0.15, 0.2) is 5.16 Å². The number of anilines is 1. The van der Waals surface area contributed by atoms with Crippen molar-refractivity contribution in [3.63, 3.8) is 0 Å². The van der Waals surface area contributed by atoms with E-state index in [9.17, 15) is 13.2 Å². The molecule has 3 N–H and O–H groups in total. The Kier molecular flexibility index (Phi) is 6.18. The molecule has 0 saturated carbocycles. The van der Waals surface area contributed by atoms with Gasteiger partial charge in [-0.25, -0.2) is 18.5 Å². The highest BCUT2D eigenvalue weighted by Gasteiger charge is 2.21. The van der Waals surface area contributed by atoms with Crippen molar-refractivity contribution in [2.75, 3.05) is 5.32 Å². The lowest BCUT2D eigenvalue weighted by atomic mass is 10.2. The van der Waals surface area contributed by atoms with E-state index in [0.717, 1.165) is 22.8 Å². The van der Waals surface area contributed by atoms with E-state index in [1.54, 1.807) is 12.3 Å². The first-order valence-electron chi connectivity index (χ1n) is 10.1. The summed E-state index contributed by atoms with van der Waals surface area (Å²) in [6.45, 7) is 4.55. The van der Waals surface area contributed by atoms with Gasteiger partial charge in [-0.05, 0) is 55.8 Å². The van der Waals surface area contributed by atoms with Crippen LogP contribution in [0.1, 0.15) is 20.3 Å². The van der Waals surface area contributed by atoms with Crippen LogP contribution >= 0.6 is 11.8 Å². The van der Waals surface area contributed by atoms with Crippen molar-refractivity contribution < 1.29 is 13.2 Å². The summed E-state index contributed by atoms with van der Waals surface area (Å²) in [7, 11) is -3.82. The molecule has 0 aliphatic carbocycles. The topological polar surface area (TPSA) is 120 Å². The number of benzene rings is 2. The number of nitrogens with one attached hydrogen (secondary N) is 1. The zero-order valence-electron chi connectivity index (χ0n) is 17.6. The fourth-order valence-corrected chi connectivity index (χ4v) is 4.94. The van der Waals surface area contributed by atoms with Crippen LogP contribution in [0.15, 0.2) is 64.8 Å². The van der Waals surface area contributed by atoms with Crippen LogP contribution < -0.4 is 10.5 Å². The third-order valence-electron chi connectivity index (χ3n) is 5.02. The normalized spacial score (nSPS) is 12.8. The highest BCUT2D eigenvalue weighted by molar-refractivity contribution is 8.00. The van der Waals surface area contributed by atoms with Crippen LogP contribution in [0.3, 0.4) is 0 Å². The van der Waals surface area contributed by atoms with Gasteiger partial charge in [-0.2, -0.15) is 0 Å². The van der Waals surface area contributed by atoms with Gasteiger partial charge in [-0.3, -0.25) is 9.78 Å². The number of carbonyl (C=O) groups is 1. The highest BCUT2D eigenvalue weighted by atomic mass is 32.2. The molecule has 2 aromatic carbocycles. The molecule has 0 radical (unpaired) electrons. The molecule has 2 aromatic heterocycles. The molecule has 0 aliphatic heterocycles. The number of amides is 1. The smallest absolute Gasteiger partial charge is 0.238 e. The quantitative estimate of drug-likeness (QED) is 0.398. The molecule has 2 heterocycles. The zero-order valence-corrected chi connectivity index (χ0v) is 19.3. The SMILES string of the molecule is CCCn1c(SC(C)C(=O)Nc2cccc3ncccc23)nc2cc(S(N)(=O)=O)ccc21.